The van der Waals surface area contributed by atoms with Crippen molar-refractivity contribution in [2.24, 2.45) is 23.2 Å². The van der Waals surface area contributed by atoms with Gasteiger partial charge in [-0.3, -0.25) is 4.79 Å². The van der Waals surface area contributed by atoms with Gasteiger partial charge in [-0.15, -0.1) is 12.4 Å². The number of carbonyl (C=O) groups is 1. The Kier molecular flexibility index (Phi) is 5.92. The van der Waals surface area contributed by atoms with Gasteiger partial charge in [0.1, 0.15) is 0 Å². The zero-order valence-corrected chi connectivity index (χ0v) is 13.8. The van der Waals surface area contributed by atoms with Gasteiger partial charge in [-0.1, -0.05) is 0 Å². The second-order valence-corrected chi connectivity index (χ2v) is 7.10. The summed E-state index contributed by atoms with van der Waals surface area (Å²) in [5.41, 5.74) is 0.146. The lowest BCUT2D eigenvalue weighted by atomic mass is 9.79. The molecule has 0 aromatic rings. The fourth-order valence-corrected chi connectivity index (χ4v) is 3.75. The van der Waals surface area contributed by atoms with Gasteiger partial charge in [-0.05, 0) is 63.5 Å². The van der Waals surface area contributed by atoms with Crippen LogP contribution in [0.4, 0.5) is 0 Å². The molecule has 3 rings (SSSR count). The van der Waals surface area contributed by atoms with Crippen LogP contribution in [0.5, 0.6) is 0 Å². The monoisotopic (exact) mass is 316 g/mol. The number of halogens is 1. The third kappa shape index (κ3) is 4.33. The van der Waals surface area contributed by atoms with Crippen LogP contribution in [0.1, 0.15) is 38.5 Å². The summed E-state index contributed by atoms with van der Waals surface area (Å²) in [5, 5.41) is 6.67. The van der Waals surface area contributed by atoms with E-state index in [1.54, 1.807) is 7.11 Å². The first-order valence-electron chi connectivity index (χ1n) is 8.21. The molecule has 1 amide bonds. The summed E-state index contributed by atoms with van der Waals surface area (Å²) in [6, 6.07) is 0. The van der Waals surface area contributed by atoms with E-state index in [1.165, 1.54) is 25.7 Å². The van der Waals surface area contributed by atoms with Crippen LogP contribution in [0.3, 0.4) is 0 Å². The number of nitrogens with one attached hydrogen (secondary N) is 2. The molecule has 2 aliphatic carbocycles. The number of piperidine rings is 1. The van der Waals surface area contributed by atoms with Crippen LogP contribution < -0.4 is 10.6 Å². The molecule has 4 nitrogen and oxygen atoms in total. The second-order valence-electron chi connectivity index (χ2n) is 7.10. The maximum absolute atomic E-state index is 12.5. The minimum absolute atomic E-state index is 0. The van der Waals surface area contributed by atoms with E-state index >= 15 is 0 Å². The van der Waals surface area contributed by atoms with Crippen LogP contribution in [0.15, 0.2) is 0 Å². The van der Waals surface area contributed by atoms with Gasteiger partial charge < -0.3 is 15.4 Å². The molecule has 1 aliphatic heterocycles. The van der Waals surface area contributed by atoms with E-state index < -0.39 is 0 Å². The van der Waals surface area contributed by atoms with Crippen molar-refractivity contribution in [3.63, 3.8) is 0 Å². The standard InChI is InChI=1S/C16H28N2O2.ClH/c1-20-11-16(6-8-17-9-7-16)10-18-15(19)14(12-2-3-12)13-4-5-13;/h12-14,17H,2-11H2,1H3,(H,18,19);1H. The van der Waals surface area contributed by atoms with E-state index in [2.05, 4.69) is 10.6 Å². The number of amides is 1. The van der Waals surface area contributed by atoms with Crippen LogP contribution >= 0.6 is 12.4 Å². The molecule has 0 spiro atoms. The maximum Gasteiger partial charge on any atom is 0.223 e. The smallest absolute Gasteiger partial charge is 0.223 e. The average Bonchev–Trinajstić information content (AvgIpc) is 3.33. The van der Waals surface area contributed by atoms with Crippen LogP contribution in [-0.4, -0.2) is 39.3 Å². The third-order valence-electron chi connectivity index (χ3n) is 5.31. The fraction of sp³-hybridized carbons (Fsp3) is 0.938. The Balaban J connectivity index is 0.00000161. The van der Waals surface area contributed by atoms with Gasteiger partial charge in [0.25, 0.3) is 0 Å². The molecule has 0 bridgehead atoms. The molecule has 2 N–H and O–H groups in total. The molecule has 0 unspecified atom stereocenters. The predicted molar refractivity (Wildman–Crippen MR) is 85.6 cm³/mol. The molecule has 1 heterocycles. The minimum Gasteiger partial charge on any atom is -0.384 e. The molecule has 1 saturated heterocycles. The number of hydrogen-bond donors (Lipinski definition) is 2. The number of ether oxygens (including phenoxy) is 1. The Bertz CT molecular complexity index is 333. The maximum atomic E-state index is 12.5. The Morgan fingerprint density at radius 2 is 1.81 bits per heavy atom. The lowest BCUT2D eigenvalue weighted by Gasteiger charge is -2.37. The highest BCUT2D eigenvalue weighted by molar-refractivity contribution is 5.85. The van der Waals surface area contributed by atoms with Crippen LogP contribution in [0.25, 0.3) is 0 Å². The zero-order chi connectivity index (χ0) is 14.0. The van der Waals surface area contributed by atoms with Gasteiger partial charge in [0, 0.05) is 25.0 Å². The van der Waals surface area contributed by atoms with Crippen LogP contribution in [-0.2, 0) is 9.53 Å². The molecular weight excluding hydrogens is 288 g/mol. The SMILES string of the molecule is COCC1(CNC(=O)C(C2CC2)C2CC2)CCNCC1.Cl. The molecule has 21 heavy (non-hydrogen) atoms. The molecule has 0 radical (unpaired) electrons. The summed E-state index contributed by atoms with van der Waals surface area (Å²) in [5.74, 6) is 2.02. The van der Waals surface area contributed by atoms with E-state index in [1.807, 2.05) is 0 Å². The van der Waals surface area contributed by atoms with E-state index in [0.717, 1.165) is 39.1 Å². The largest absolute Gasteiger partial charge is 0.384 e. The average molecular weight is 317 g/mol. The molecule has 122 valence electrons. The van der Waals surface area contributed by atoms with E-state index in [4.69, 9.17) is 4.74 Å². The van der Waals surface area contributed by atoms with Gasteiger partial charge in [-0.25, -0.2) is 0 Å². The molecule has 0 aromatic heterocycles. The van der Waals surface area contributed by atoms with Crippen LogP contribution in [0.2, 0.25) is 0 Å². The summed E-state index contributed by atoms with van der Waals surface area (Å²) in [7, 11) is 1.77. The van der Waals surface area contributed by atoms with Crippen molar-refractivity contribution < 1.29 is 9.53 Å². The summed E-state index contributed by atoms with van der Waals surface area (Å²) in [6.07, 6.45) is 7.25. The summed E-state index contributed by atoms with van der Waals surface area (Å²) in [6.45, 7) is 3.62. The van der Waals surface area contributed by atoms with Crippen LogP contribution in [0, 0.1) is 23.2 Å². The normalized spacial score (nSPS) is 24.5. The molecular formula is C16H29ClN2O2. The molecule has 2 saturated carbocycles. The molecule has 3 fully saturated rings. The second kappa shape index (κ2) is 7.30. The fourth-order valence-electron chi connectivity index (χ4n) is 3.75. The van der Waals surface area contributed by atoms with Crippen molar-refractivity contribution in [2.75, 3.05) is 33.4 Å². The van der Waals surface area contributed by atoms with Gasteiger partial charge in [-0.2, -0.15) is 0 Å². The van der Waals surface area contributed by atoms with Crippen molar-refractivity contribution in [2.45, 2.75) is 38.5 Å². The highest BCUT2D eigenvalue weighted by Gasteiger charge is 2.46. The molecule has 3 aliphatic rings. The molecule has 5 heteroatoms. The topological polar surface area (TPSA) is 50.4 Å². The first kappa shape index (κ1) is 17.0. The van der Waals surface area contributed by atoms with Gasteiger partial charge in [0.05, 0.1) is 6.61 Å². The van der Waals surface area contributed by atoms with E-state index in [-0.39, 0.29) is 17.8 Å². The van der Waals surface area contributed by atoms with Crippen molar-refractivity contribution in [1.82, 2.24) is 10.6 Å². The number of methoxy groups -OCH3 is 1. The Morgan fingerprint density at radius 1 is 1.24 bits per heavy atom. The summed E-state index contributed by atoms with van der Waals surface area (Å²) < 4.78 is 5.42. The molecule has 0 aromatic carbocycles. The van der Waals surface area contributed by atoms with E-state index in [9.17, 15) is 4.79 Å². The lowest BCUT2D eigenvalue weighted by Crippen LogP contribution is -2.48. The predicted octanol–water partition coefficient (Wildman–Crippen LogP) is 1.98. The zero-order valence-electron chi connectivity index (χ0n) is 13.0. The molecule has 0 atom stereocenters. The number of hydrogen-bond acceptors (Lipinski definition) is 3. The van der Waals surface area contributed by atoms with Gasteiger partial charge in [0.15, 0.2) is 0 Å². The Hall–Kier alpha value is -0.320. The highest BCUT2D eigenvalue weighted by Crippen LogP contribution is 2.49. The lowest BCUT2D eigenvalue weighted by molar-refractivity contribution is -0.127. The number of rotatable bonds is 7. The number of carbonyl (C=O) groups excluding carboxylic acids is 1. The Labute approximate surface area is 134 Å². The van der Waals surface area contributed by atoms with Crippen molar-refractivity contribution in [1.29, 1.82) is 0 Å². The minimum atomic E-state index is 0. The summed E-state index contributed by atoms with van der Waals surface area (Å²) in [4.78, 5) is 12.5. The van der Waals surface area contributed by atoms with Crippen molar-refractivity contribution >= 4 is 18.3 Å². The Morgan fingerprint density at radius 3 is 2.29 bits per heavy atom. The van der Waals surface area contributed by atoms with E-state index in [0.29, 0.717) is 23.7 Å². The quantitative estimate of drug-likeness (QED) is 0.755. The first-order chi connectivity index (χ1) is 9.74. The van der Waals surface area contributed by atoms with Gasteiger partial charge in [0.2, 0.25) is 5.91 Å². The summed E-state index contributed by atoms with van der Waals surface area (Å²) >= 11 is 0. The van der Waals surface area contributed by atoms with Crippen molar-refractivity contribution in [3.05, 3.63) is 0 Å². The highest BCUT2D eigenvalue weighted by atomic mass is 35.5. The van der Waals surface area contributed by atoms with Crippen molar-refractivity contribution in [3.8, 4) is 0 Å². The third-order valence-corrected chi connectivity index (χ3v) is 5.31. The van der Waals surface area contributed by atoms with Gasteiger partial charge >= 0.3 is 0 Å². The first-order valence-corrected chi connectivity index (χ1v) is 8.21.